The predicted octanol–water partition coefficient (Wildman–Crippen LogP) is 8.75. The molecule has 1 N–H and O–H groups in total. The Bertz CT molecular complexity index is 2200. The first-order valence-corrected chi connectivity index (χ1v) is 16.6. The fourth-order valence-corrected chi connectivity index (χ4v) is 7.04. The third-order valence-electron chi connectivity index (χ3n) is 9.53. The monoisotopic (exact) mass is 637 g/mol. The van der Waals surface area contributed by atoms with Gasteiger partial charge in [0.25, 0.3) is 5.91 Å². The fraction of sp³-hybridized carbons (Fsp3) is 0.116. The lowest BCUT2D eigenvalue weighted by Crippen LogP contribution is -2.38. The SMILES string of the molecule is Cc1ccc([C@@H](C)NC(=O)C2=Nc3cc4c(-c5ccncc5)nn(C(c5ccccc5)(c5ccccc5)c5ccccc5)c4cc3C2)cc1. The number of benzene rings is 5. The average molecular weight is 638 g/mol. The Morgan fingerprint density at radius 3 is 1.90 bits per heavy atom. The highest BCUT2D eigenvalue weighted by atomic mass is 16.2. The maximum Gasteiger partial charge on any atom is 0.266 e. The number of fused-ring (bicyclic) bond motifs is 2. The van der Waals surface area contributed by atoms with Gasteiger partial charge < -0.3 is 5.32 Å². The van der Waals surface area contributed by atoms with Crippen molar-refractivity contribution in [2.24, 2.45) is 4.99 Å². The van der Waals surface area contributed by atoms with Crippen LogP contribution >= 0.6 is 0 Å². The zero-order chi connectivity index (χ0) is 33.4. The quantitative estimate of drug-likeness (QED) is 0.169. The molecule has 6 nitrogen and oxygen atoms in total. The Morgan fingerprint density at radius 1 is 0.755 bits per heavy atom. The van der Waals surface area contributed by atoms with Crippen molar-refractivity contribution in [3.05, 3.63) is 185 Å². The summed E-state index contributed by atoms with van der Waals surface area (Å²) in [5.41, 5.74) is 9.70. The minimum Gasteiger partial charge on any atom is -0.344 e. The van der Waals surface area contributed by atoms with Gasteiger partial charge in [-0.15, -0.1) is 0 Å². The minimum atomic E-state index is -0.815. The third kappa shape index (κ3) is 5.32. The molecule has 1 amide bonds. The Hall–Kier alpha value is -6.14. The van der Waals surface area contributed by atoms with Gasteiger partial charge in [0, 0.05) is 29.8 Å². The molecule has 3 heterocycles. The molecule has 0 bridgehead atoms. The van der Waals surface area contributed by atoms with E-state index in [4.69, 9.17) is 10.1 Å². The van der Waals surface area contributed by atoms with Crippen molar-refractivity contribution in [1.82, 2.24) is 20.1 Å². The summed E-state index contributed by atoms with van der Waals surface area (Å²) in [6, 6.07) is 48.0. The second-order valence-corrected chi connectivity index (χ2v) is 12.6. The summed E-state index contributed by atoms with van der Waals surface area (Å²) in [6.45, 7) is 4.07. The number of nitrogens with zero attached hydrogens (tertiary/aromatic N) is 4. The van der Waals surface area contributed by atoms with Crippen molar-refractivity contribution >= 4 is 28.2 Å². The van der Waals surface area contributed by atoms with E-state index >= 15 is 0 Å². The number of pyridine rings is 1. The van der Waals surface area contributed by atoms with Gasteiger partial charge in [0.2, 0.25) is 0 Å². The third-order valence-corrected chi connectivity index (χ3v) is 9.53. The molecule has 0 radical (unpaired) electrons. The number of aliphatic imine (C=N–C) groups is 1. The first-order valence-electron chi connectivity index (χ1n) is 16.6. The van der Waals surface area contributed by atoms with Gasteiger partial charge in [-0.2, -0.15) is 5.10 Å². The van der Waals surface area contributed by atoms with Gasteiger partial charge in [-0.3, -0.25) is 9.78 Å². The zero-order valence-electron chi connectivity index (χ0n) is 27.4. The van der Waals surface area contributed by atoms with E-state index in [1.165, 1.54) is 5.56 Å². The zero-order valence-corrected chi connectivity index (χ0v) is 27.4. The smallest absolute Gasteiger partial charge is 0.266 e. The Balaban J connectivity index is 1.32. The van der Waals surface area contributed by atoms with E-state index in [9.17, 15) is 4.79 Å². The second kappa shape index (κ2) is 12.5. The van der Waals surface area contributed by atoms with Crippen LogP contribution in [0.25, 0.3) is 22.2 Å². The molecule has 49 heavy (non-hydrogen) atoms. The van der Waals surface area contributed by atoms with Crippen molar-refractivity contribution in [2.75, 3.05) is 0 Å². The van der Waals surface area contributed by atoms with Crippen molar-refractivity contribution in [3.8, 4) is 11.3 Å². The summed E-state index contributed by atoms with van der Waals surface area (Å²) < 4.78 is 2.18. The first kappa shape index (κ1) is 30.2. The van der Waals surface area contributed by atoms with Crippen molar-refractivity contribution in [3.63, 3.8) is 0 Å². The molecule has 1 aliphatic heterocycles. The van der Waals surface area contributed by atoms with Gasteiger partial charge in [0.15, 0.2) is 0 Å². The maximum atomic E-state index is 13.6. The van der Waals surface area contributed by atoms with E-state index < -0.39 is 5.54 Å². The van der Waals surface area contributed by atoms with E-state index in [1.807, 2.05) is 37.3 Å². The van der Waals surface area contributed by atoms with Gasteiger partial charge in [0.1, 0.15) is 16.9 Å². The van der Waals surface area contributed by atoms with Crippen LogP contribution < -0.4 is 5.32 Å². The second-order valence-electron chi connectivity index (χ2n) is 12.6. The fourth-order valence-electron chi connectivity index (χ4n) is 7.04. The number of hydrogen-bond donors (Lipinski definition) is 1. The number of aryl methyl sites for hydroxylation is 1. The van der Waals surface area contributed by atoms with Crippen molar-refractivity contribution in [1.29, 1.82) is 0 Å². The Kier molecular flexibility index (Phi) is 7.69. The van der Waals surface area contributed by atoms with Crippen LogP contribution in [0.5, 0.6) is 0 Å². The number of carbonyl (C=O) groups excluding carboxylic acids is 1. The highest BCUT2D eigenvalue weighted by Gasteiger charge is 2.41. The molecule has 0 fully saturated rings. The lowest BCUT2D eigenvalue weighted by Gasteiger charge is -2.37. The molecular weight excluding hydrogens is 603 g/mol. The number of carbonyl (C=O) groups is 1. The molecule has 1 atom stereocenters. The van der Waals surface area contributed by atoms with Gasteiger partial charge >= 0.3 is 0 Å². The van der Waals surface area contributed by atoms with Crippen LogP contribution in [-0.4, -0.2) is 26.4 Å². The molecule has 0 saturated carbocycles. The standard InChI is InChI=1S/C43H35N5O/c1-29-18-20-31(21-19-29)30(2)45-42(49)39-26-33-27-40-37(28-38(33)46-39)41(32-22-24-44-25-23-32)47-48(40)43(34-12-6-3-7-13-34,35-14-8-4-9-15-35)36-16-10-5-11-17-36/h3-25,27-28,30H,26H2,1-2H3,(H,45,49)/t30-/m1/s1. The number of amides is 1. The van der Waals surface area contributed by atoms with Gasteiger partial charge in [-0.05, 0) is 65.9 Å². The Labute approximate surface area is 285 Å². The van der Waals surface area contributed by atoms with E-state index in [1.54, 1.807) is 12.4 Å². The summed E-state index contributed by atoms with van der Waals surface area (Å²) >= 11 is 0. The van der Waals surface area contributed by atoms with Gasteiger partial charge in [-0.1, -0.05) is 121 Å². The van der Waals surface area contributed by atoms with Crippen LogP contribution in [0, 0.1) is 6.92 Å². The molecule has 7 aromatic rings. The van der Waals surface area contributed by atoms with E-state index in [-0.39, 0.29) is 11.9 Å². The van der Waals surface area contributed by atoms with E-state index in [0.29, 0.717) is 12.1 Å². The number of nitrogens with one attached hydrogen (secondary N) is 1. The van der Waals surface area contributed by atoms with Crippen LogP contribution in [0.15, 0.2) is 157 Å². The first-order chi connectivity index (χ1) is 24.0. The normalized spacial score (nSPS) is 13.1. The molecular formula is C43H35N5O. The van der Waals surface area contributed by atoms with Gasteiger partial charge in [0.05, 0.1) is 17.2 Å². The van der Waals surface area contributed by atoms with Crippen LogP contribution in [0.4, 0.5) is 5.69 Å². The van der Waals surface area contributed by atoms with E-state index in [2.05, 4.69) is 131 Å². The summed E-state index contributed by atoms with van der Waals surface area (Å²) in [6.07, 6.45) is 4.02. The predicted molar refractivity (Wildman–Crippen MR) is 196 cm³/mol. The summed E-state index contributed by atoms with van der Waals surface area (Å²) in [5, 5.41) is 9.62. The number of aromatic nitrogens is 3. The van der Waals surface area contributed by atoms with Crippen LogP contribution in [0.2, 0.25) is 0 Å². The minimum absolute atomic E-state index is 0.145. The van der Waals surface area contributed by atoms with Crippen LogP contribution in [0.3, 0.4) is 0 Å². The number of hydrogen-bond acceptors (Lipinski definition) is 4. The molecule has 6 heteroatoms. The Morgan fingerprint density at radius 2 is 1.33 bits per heavy atom. The highest BCUT2D eigenvalue weighted by Crippen LogP contribution is 2.45. The lowest BCUT2D eigenvalue weighted by atomic mass is 9.77. The largest absolute Gasteiger partial charge is 0.344 e. The number of rotatable bonds is 8. The maximum absolute atomic E-state index is 13.6. The molecule has 1 aliphatic rings. The highest BCUT2D eigenvalue weighted by molar-refractivity contribution is 6.41. The molecule has 0 aliphatic carbocycles. The molecule has 5 aromatic carbocycles. The van der Waals surface area contributed by atoms with Gasteiger partial charge in [-0.25, -0.2) is 9.67 Å². The van der Waals surface area contributed by atoms with Crippen molar-refractivity contribution in [2.45, 2.75) is 31.8 Å². The molecule has 238 valence electrons. The summed E-state index contributed by atoms with van der Waals surface area (Å²) in [5.74, 6) is -0.156. The molecule has 0 unspecified atom stereocenters. The molecule has 0 saturated heterocycles. The average Bonchev–Trinajstić information content (AvgIpc) is 3.75. The molecule has 2 aromatic heterocycles. The van der Waals surface area contributed by atoms with Crippen molar-refractivity contribution < 1.29 is 4.79 Å². The molecule has 0 spiro atoms. The van der Waals surface area contributed by atoms with E-state index in [0.717, 1.165) is 55.7 Å². The van der Waals surface area contributed by atoms with Crippen LogP contribution in [0.1, 0.15) is 46.3 Å². The van der Waals surface area contributed by atoms with Crippen LogP contribution in [-0.2, 0) is 16.8 Å². The summed E-state index contributed by atoms with van der Waals surface area (Å²) in [4.78, 5) is 22.8. The topological polar surface area (TPSA) is 72.2 Å². The lowest BCUT2D eigenvalue weighted by molar-refractivity contribution is -0.115. The summed E-state index contributed by atoms with van der Waals surface area (Å²) in [7, 11) is 0. The molecule has 8 rings (SSSR count).